The molecule has 12 heteroatoms. The zero-order valence-electron chi connectivity index (χ0n) is 20.4. The summed E-state index contributed by atoms with van der Waals surface area (Å²) in [6.45, 7) is 1.76. The van der Waals surface area contributed by atoms with Crippen molar-refractivity contribution in [2.24, 2.45) is 0 Å². The highest BCUT2D eigenvalue weighted by Crippen LogP contribution is 2.54. The molecule has 3 aromatic heterocycles. The lowest BCUT2D eigenvalue weighted by Gasteiger charge is -2.52. The Kier molecular flexibility index (Phi) is 4.79. The van der Waals surface area contributed by atoms with Crippen molar-refractivity contribution in [3.8, 4) is 0 Å². The van der Waals surface area contributed by atoms with Gasteiger partial charge >= 0.3 is 0 Å². The van der Waals surface area contributed by atoms with Crippen molar-refractivity contribution >= 4 is 36.7 Å². The van der Waals surface area contributed by atoms with E-state index >= 15 is 0 Å². The maximum absolute atomic E-state index is 13.8. The van der Waals surface area contributed by atoms with E-state index in [1.807, 2.05) is 10.5 Å². The number of aryl methyl sites for hydroxylation is 1. The van der Waals surface area contributed by atoms with Gasteiger partial charge in [0.25, 0.3) is 0 Å². The summed E-state index contributed by atoms with van der Waals surface area (Å²) in [5.41, 5.74) is 1.34. The molecule has 0 unspecified atom stereocenters. The minimum absolute atomic E-state index is 0.120. The maximum atomic E-state index is 13.8. The van der Waals surface area contributed by atoms with E-state index in [0.29, 0.717) is 11.2 Å². The molecule has 4 fully saturated rings. The third-order valence-corrected chi connectivity index (χ3v) is 12.6. The molecule has 0 radical (unpaired) electrons. The fourth-order valence-corrected chi connectivity index (χ4v) is 9.72. The number of aromatic amines is 1. The number of sulfone groups is 1. The van der Waals surface area contributed by atoms with Gasteiger partial charge in [-0.1, -0.05) is 18.2 Å². The van der Waals surface area contributed by atoms with Crippen molar-refractivity contribution in [2.75, 3.05) is 0 Å². The van der Waals surface area contributed by atoms with E-state index in [4.69, 9.17) is 0 Å². The van der Waals surface area contributed by atoms with Crippen molar-refractivity contribution in [1.29, 1.82) is 0 Å². The van der Waals surface area contributed by atoms with Crippen LogP contribution in [0.3, 0.4) is 0 Å². The zero-order chi connectivity index (χ0) is 25.6. The minimum atomic E-state index is -3.96. The monoisotopic (exact) mass is 540 g/mol. The van der Waals surface area contributed by atoms with Crippen LogP contribution in [0.1, 0.15) is 62.8 Å². The highest BCUT2D eigenvalue weighted by molar-refractivity contribution is 7.91. The minimum Gasteiger partial charge on any atom is -0.345 e. The Morgan fingerprint density at radius 3 is 2.35 bits per heavy atom. The number of rotatable bonds is 6. The molecule has 0 spiro atoms. The number of nitrogens with zero attached hydrogens (tertiary/aromatic N) is 4. The van der Waals surface area contributed by atoms with Gasteiger partial charge < -0.3 is 4.98 Å². The standard InChI is InChI=1S/C25H28N6O4S2/c1-16-4-2-3-5-19(16)36(32,33)22-21-28-29-23(31(21)18-8-15-26-20(18)27-22)24-9-12-25(13-10-24,14-11-24)30-37(34,35)17-6-7-17/h2-5,8,15,17,26,30H,6-7,9-14H2,1H3. The lowest BCUT2D eigenvalue weighted by Crippen LogP contribution is -2.58. The Morgan fingerprint density at radius 1 is 0.973 bits per heavy atom. The summed E-state index contributed by atoms with van der Waals surface area (Å²) in [5.74, 6) is 0.731. The first-order valence-corrected chi connectivity index (χ1v) is 15.7. The Labute approximate surface area is 214 Å². The summed E-state index contributed by atoms with van der Waals surface area (Å²) in [5, 5.41) is 8.65. The molecule has 10 nitrogen and oxygen atoms in total. The van der Waals surface area contributed by atoms with E-state index in [2.05, 4.69) is 24.9 Å². The predicted octanol–water partition coefficient (Wildman–Crippen LogP) is 3.17. The van der Waals surface area contributed by atoms with Crippen LogP contribution in [0, 0.1) is 6.92 Å². The number of hydrogen-bond acceptors (Lipinski definition) is 7. The van der Waals surface area contributed by atoms with Crippen LogP contribution < -0.4 is 4.72 Å². The molecule has 194 valence electrons. The van der Waals surface area contributed by atoms with Crippen LogP contribution in [-0.2, 0) is 25.3 Å². The molecule has 0 saturated heterocycles. The van der Waals surface area contributed by atoms with E-state index < -0.39 is 25.4 Å². The van der Waals surface area contributed by atoms with Gasteiger partial charge in [-0.3, -0.25) is 4.40 Å². The van der Waals surface area contributed by atoms with Gasteiger partial charge in [0.05, 0.1) is 15.7 Å². The topological polar surface area (TPSA) is 139 Å². The number of nitrogens with one attached hydrogen (secondary N) is 2. The van der Waals surface area contributed by atoms with Crippen LogP contribution in [0.25, 0.3) is 16.8 Å². The predicted molar refractivity (Wildman–Crippen MR) is 136 cm³/mol. The van der Waals surface area contributed by atoms with Crippen LogP contribution in [0.5, 0.6) is 0 Å². The van der Waals surface area contributed by atoms with E-state index in [1.165, 1.54) is 0 Å². The third kappa shape index (κ3) is 3.41. The molecule has 2 bridgehead atoms. The molecule has 37 heavy (non-hydrogen) atoms. The number of aromatic nitrogens is 5. The van der Waals surface area contributed by atoms with Gasteiger partial charge in [0, 0.05) is 17.2 Å². The van der Waals surface area contributed by atoms with Gasteiger partial charge in [0.1, 0.15) is 5.82 Å². The molecule has 8 rings (SSSR count). The number of H-pyrrole nitrogens is 1. The first kappa shape index (κ1) is 23.3. The van der Waals surface area contributed by atoms with Crippen LogP contribution in [0.2, 0.25) is 0 Å². The second-order valence-electron chi connectivity index (χ2n) is 11.0. The normalized spacial score (nSPS) is 26.3. The van der Waals surface area contributed by atoms with Crippen molar-refractivity contribution in [1.82, 2.24) is 29.3 Å². The quantitative estimate of drug-likeness (QED) is 0.383. The van der Waals surface area contributed by atoms with Crippen LogP contribution in [-0.4, -0.2) is 52.2 Å². The van der Waals surface area contributed by atoms with Crippen molar-refractivity contribution in [2.45, 2.75) is 84.4 Å². The lowest BCUT2D eigenvalue weighted by molar-refractivity contribution is 0.0882. The van der Waals surface area contributed by atoms with E-state index in [0.717, 1.165) is 62.7 Å². The van der Waals surface area contributed by atoms with Gasteiger partial charge in [0.2, 0.25) is 24.9 Å². The molecule has 4 aromatic rings. The average Bonchev–Trinajstić information content (AvgIpc) is 3.49. The third-order valence-electron chi connectivity index (χ3n) is 8.69. The van der Waals surface area contributed by atoms with Crippen molar-refractivity contribution < 1.29 is 16.8 Å². The Hall–Kier alpha value is -2.83. The summed E-state index contributed by atoms with van der Waals surface area (Å²) >= 11 is 0. The molecular formula is C25H28N6O4S2. The van der Waals surface area contributed by atoms with Crippen LogP contribution in [0.15, 0.2) is 46.5 Å². The molecule has 4 aliphatic rings. The summed E-state index contributed by atoms with van der Waals surface area (Å²) < 4.78 is 57.9. The largest absolute Gasteiger partial charge is 0.345 e. The Bertz CT molecular complexity index is 1760. The molecular weight excluding hydrogens is 512 g/mol. The number of sulfonamides is 1. The molecule has 0 atom stereocenters. The first-order valence-electron chi connectivity index (χ1n) is 12.7. The highest BCUT2D eigenvalue weighted by Gasteiger charge is 2.54. The maximum Gasteiger partial charge on any atom is 0.228 e. The second kappa shape index (κ2) is 7.61. The fourth-order valence-electron chi connectivity index (χ4n) is 6.35. The van der Waals surface area contributed by atoms with Gasteiger partial charge in [-0.25, -0.2) is 26.5 Å². The van der Waals surface area contributed by atoms with Crippen LogP contribution >= 0.6 is 0 Å². The highest BCUT2D eigenvalue weighted by atomic mass is 32.2. The first-order chi connectivity index (χ1) is 17.6. The summed E-state index contributed by atoms with van der Waals surface area (Å²) in [6, 6.07) is 8.72. The second-order valence-corrected chi connectivity index (χ2v) is 14.8. The Morgan fingerprint density at radius 2 is 1.68 bits per heavy atom. The van der Waals surface area contributed by atoms with E-state index in [9.17, 15) is 16.8 Å². The number of benzene rings is 1. The molecule has 0 aliphatic heterocycles. The summed E-state index contributed by atoms with van der Waals surface area (Å²) in [6.07, 6.45) is 7.68. The van der Waals surface area contributed by atoms with E-state index in [-0.39, 0.29) is 26.2 Å². The fraction of sp³-hybridized carbons (Fsp3) is 0.480. The molecule has 1 aromatic carbocycles. The Balaban J connectivity index is 1.33. The molecule has 4 aliphatic carbocycles. The van der Waals surface area contributed by atoms with Gasteiger partial charge in [0.15, 0.2) is 11.3 Å². The van der Waals surface area contributed by atoms with E-state index in [1.54, 1.807) is 37.4 Å². The number of hydrogen-bond donors (Lipinski definition) is 2. The molecule has 2 N–H and O–H groups in total. The summed E-state index contributed by atoms with van der Waals surface area (Å²) in [7, 11) is -7.24. The molecule has 0 amide bonds. The van der Waals surface area contributed by atoms with Gasteiger partial charge in [-0.05, 0) is 76.0 Å². The van der Waals surface area contributed by atoms with Crippen molar-refractivity contribution in [3.05, 3.63) is 47.9 Å². The van der Waals surface area contributed by atoms with Crippen LogP contribution in [0.4, 0.5) is 0 Å². The summed E-state index contributed by atoms with van der Waals surface area (Å²) in [4.78, 5) is 7.77. The zero-order valence-corrected chi connectivity index (χ0v) is 22.1. The lowest BCUT2D eigenvalue weighted by atomic mass is 9.57. The average molecular weight is 541 g/mol. The molecule has 3 heterocycles. The van der Waals surface area contributed by atoms with Gasteiger partial charge in [-0.2, -0.15) is 0 Å². The SMILES string of the molecule is Cc1ccccc1S(=O)(=O)c1nc2[nH]ccc2n2c(C34CCC(NS(=O)(=O)C5CC5)(CC3)CC4)nnc12. The van der Waals surface area contributed by atoms with Gasteiger partial charge in [-0.15, -0.1) is 10.2 Å². The number of fused-ring (bicyclic) bond motifs is 6. The molecule has 4 saturated carbocycles. The smallest absolute Gasteiger partial charge is 0.228 e. The van der Waals surface area contributed by atoms with Crippen molar-refractivity contribution in [3.63, 3.8) is 0 Å².